The van der Waals surface area contributed by atoms with Crippen LogP contribution in [0.15, 0.2) is 36.7 Å². The summed E-state index contributed by atoms with van der Waals surface area (Å²) in [4.78, 5) is 11.2. The molecule has 1 unspecified atom stereocenters. The van der Waals surface area contributed by atoms with Crippen molar-refractivity contribution < 1.29 is 13.5 Å². The highest BCUT2D eigenvalue weighted by molar-refractivity contribution is 5.74. The van der Waals surface area contributed by atoms with Crippen LogP contribution in [0, 0.1) is 29.4 Å². The Bertz CT molecular complexity index is 993. The van der Waals surface area contributed by atoms with Crippen LogP contribution in [0.1, 0.15) is 5.82 Å². The second-order valence-electron chi connectivity index (χ2n) is 7.50. The van der Waals surface area contributed by atoms with Crippen molar-refractivity contribution in [3.05, 3.63) is 54.1 Å². The Hall–Kier alpha value is -2.54. The van der Waals surface area contributed by atoms with Gasteiger partial charge in [0.15, 0.2) is 11.6 Å². The van der Waals surface area contributed by atoms with Gasteiger partial charge in [0.25, 0.3) is 0 Å². The van der Waals surface area contributed by atoms with Crippen LogP contribution >= 0.6 is 0 Å². The van der Waals surface area contributed by atoms with Gasteiger partial charge in [0.05, 0.1) is 24.9 Å². The second-order valence-corrected chi connectivity index (χ2v) is 7.50. The molecule has 1 aliphatic carbocycles. The monoisotopic (exact) mass is 370 g/mol. The lowest BCUT2D eigenvalue weighted by Gasteiger charge is -2.19. The van der Waals surface area contributed by atoms with Crippen molar-refractivity contribution in [3.8, 4) is 5.75 Å². The van der Waals surface area contributed by atoms with Gasteiger partial charge >= 0.3 is 0 Å². The van der Waals surface area contributed by atoms with E-state index in [0.29, 0.717) is 24.4 Å². The van der Waals surface area contributed by atoms with Gasteiger partial charge in [-0.2, -0.15) is 4.39 Å². The molecule has 5 rings (SSSR count). The van der Waals surface area contributed by atoms with Crippen molar-refractivity contribution in [1.29, 1.82) is 0 Å². The molecule has 2 aromatic heterocycles. The molecular weight excluding hydrogens is 350 g/mol. The zero-order chi connectivity index (χ0) is 18.5. The summed E-state index contributed by atoms with van der Waals surface area (Å²) < 4.78 is 34.6. The van der Waals surface area contributed by atoms with Crippen molar-refractivity contribution in [3.63, 3.8) is 0 Å². The van der Waals surface area contributed by atoms with Crippen LogP contribution in [-0.2, 0) is 13.6 Å². The van der Waals surface area contributed by atoms with Crippen LogP contribution in [-0.4, -0.2) is 39.1 Å². The van der Waals surface area contributed by atoms with Gasteiger partial charge in [-0.25, -0.2) is 9.37 Å². The van der Waals surface area contributed by atoms with Crippen molar-refractivity contribution in [2.75, 3.05) is 19.7 Å². The number of aromatic nitrogens is 3. The first kappa shape index (κ1) is 16.6. The average Bonchev–Trinajstić information content (AvgIpc) is 2.99. The molecule has 3 heterocycles. The minimum atomic E-state index is -0.902. The molecule has 0 bridgehead atoms. The molecule has 0 N–H and O–H groups in total. The number of benzene rings is 1. The lowest BCUT2D eigenvalue weighted by atomic mass is 10.2. The minimum absolute atomic E-state index is 0.00476. The predicted octanol–water partition coefficient (Wildman–Crippen LogP) is 3.00. The molecule has 2 fully saturated rings. The van der Waals surface area contributed by atoms with Crippen LogP contribution in [0.4, 0.5) is 8.78 Å². The third kappa shape index (κ3) is 2.86. The molecule has 1 saturated carbocycles. The van der Waals surface area contributed by atoms with E-state index in [2.05, 4.69) is 19.4 Å². The first-order valence-electron chi connectivity index (χ1n) is 9.16. The van der Waals surface area contributed by atoms with Crippen molar-refractivity contribution >= 4 is 11.0 Å². The molecule has 3 aromatic rings. The molecule has 2 aliphatic rings. The third-order valence-electron chi connectivity index (χ3n) is 5.94. The molecule has 5 nitrogen and oxygen atoms in total. The van der Waals surface area contributed by atoms with E-state index >= 15 is 0 Å². The molecule has 7 heteroatoms. The number of imidazole rings is 1. The van der Waals surface area contributed by atoms with Gasteiger partial charge in [0.1, 0.15) is 11.3 Å². The molecule has 1 aliphatic heterocycles. The van der Waals surface area contributed by atoms with E-state index in [1.54, 1.807) is 12.4 Å². The Morgan fingerprint density at radius 2 is 2.00 bits per heavy atom. The summed E-state index contributed by atoms with van der Waals surface area (Å²) >= 11 is 0. The summed E-state index contributed by atoms with van der Waals surface area (Å²) in [7, 11) is 2.03. The summed E-state index contributed by atoms with van der Waals surface area (Å²) in [6.45, 7) is 3.24. The topological polar surface area (TPSA) is 43.2 Å². The van der Waals surface area contributed by atoms with Crippen molar-refractivity contribution in [2.24, 2.45) is 24.8 Å². The van der Waals surface area contributed by atoms with Crippen LogP contribution in [0.25, 0.3) is 11.0 Å². The first-order valence-corrected chi connectivity index (χ1v) is 9.16. The van der Waals surface area contributed by atoms with E-state index in [-0.39, 0.29) is 5.75 Å². The number of ether oxygens (including phenoxy) is 1. The quantitative estimate of drug-likeness (QED) is 0.693. The second kappa shape index (κ2) is 6.27. The van der Waals surface area contributed by atoms with Gasteiger partial charge in [0.2, 0.25) is 5.82 Å². The predicted molar refractivity (Wildman–Crippen MR) is 96.1 cm³/mol. The Kier molecular flexibility index (Phi) is 3.86. The number of aryl methyl sites for hydroxylation is 1. The van der Waals surface area contributed by atoms with Crippen LogP contribution in [0.3, 0.4) is 0 Å². The van der Waals surface area contributed by atoms with Crippen LogP contribution in [0.2, 0.25) is 0 Å². The third-order valence-corrected chi connectivity index (χ3v) is 5.94. The number of fused-ring (bicyclic) bond motifs is 2. The molecule has 0 amide bonds. The normalized spacial score (nSPS) is 24.3. The fraction of sp³-hybridized carbons (Fsp3) is 0.400. The zero-order valence-corrected chi connectivity index (χ0v) is 15.0. The Morgan fingerprint density at radius 1 is 1.19 bits per heavy atom. The van der Waals surface area contributed by atoms with E-state index in [1.165, 1.54) is 12.1 Å². The Morgan fingerprint density at radius 3 is 2.78 bits per heavy atom. The molecule has 1 saturated heterocycles. The van der Waals surface area contributed by atoms with Gasteiger partial charge in [0, 0.05) is 32.3 Å². The lowest BCUT2D eigenvalue weighted by molar-refractivity contribution is 0.220. The summed E-state index contributed by atoms with van der Waals surface area (Å²) in [6, 6.07) is 6.02. The van der Waals surface area contributed by atoms with Gasteiger partial charge in [-0.3, -0.25) is 9.88 Å². The first-order chi connectivity index (χ1) is 13.1. The number of rotatable bonds is 5. The van der Waals surface area contributed by atoms with Crippen LogP contribution < -0.4 is 4.74 Å². The lowest BCUT2D eigenvalue weighted by Crippen LogP contribution is -2.26. The standard InChI is InChI=1S/C20H20F2N4O/c1-25-17-5-6-23-7-16(17)24-19(25)10-26-8-12-13(9-26)14(12)11-27-18-4-2-3-15(21)20(18)22/h2-7,12-14H,8-11H2,1H3/t12-,13+,14?. The molecule has 140 valence electrons. The van der Waals surface area contributed by atoms with Gasteiger partial charge in [-0.05, 0) is 30.0 Å². The van der Waals surface area contributed by atoms with E-state index in [9.17, 15) is 8.78 Å². The van der Waals surface area contributed by atoms with Crippen LogP contribution in [0.5, 0.6) is 5.75 Å². The van der Waals surface area contributed by atoms with E-state index < -0.39 is 11.6 Å². The highest BCUT2D eigenvalue weighted by atomic mass is 19.2. The summed E-state index contributed by atoms with van der Waals surface area (Å²) in [6.07, 6.45) is 3.57. The van der Waals surface area contributed by atoms with E-state index in [1.807, 2.05) is 13.1 Å². The maximum atomic E-state index is 13.7. The number of piperidine rings is 1. The SMILES string of the molecule is Cn1c(CN2C[C@@H]3C(COc4cccc(F)c4F)[C@@H]3C2)nc2cnccc21. The smallest absolute Gasteiger partial charge is 0.200 e. The van der Waals surface area contributed by atoms with Gasteiger partial charge in [-0.1, -0.05) is 6.07 Å². The Labute approximate surface area is 155 Å². The molecule has 0 spiro atoms. The van der Waals surface area contributed by atoms with Crippen molar-refractivity contribution in [2.45, 2.75) is 6.54 Å². The fourth-order valence-electron chi connectivity index (χ4n) is 4.34. The minimum Gasteiger partial charge on any atom is -0.490 e. The molecule has 27 heavy (non-hydrogen) atoms. The number of likely N-dealkylation sites (tertiary alicyclic amines) is 1. The molecule has 0 radical (unpaired) electrons. The highest BCUT2D eigenvalue weighted by Gasteiger charge is 2.55. The molecule has 3 atom stereocenters. The average molecular weight is 370 g/mol. The number of hydrogen-bond donors (Lipinski definition) is 0. The summed E-state index contributed by atoms with van der Waals surface area (Å²) in [5.74, 6) is 0.831. The number of pyridine rings is 1. The molecular formula is C20H20F2N4O. The Balaban J connectivity index is 1.17. The summed E-state index contributed by atoms with van der Waals surface area (Å²) in [5, 5.41) is 0. The molecule has 1 aromatic carbocycles. The van der Waals surface area contributed by atoms with E-state index in [0.717, 1.165) is 42.6 Å². The fourth-order valence-corrected chi connectivity index (χ4v) is 4.34. The maximum Gasteiger partial charge on any atom is 0.200 e. The largest absolute Gasteiger partial charge is 0.490 e. The van der Waals surface area contributed by atoms with E-state index in [4.69, 9.17) is 4.74 Å². The van der Waals surface area contributed by atoms with Crippen molar-refractivity contribution in [1.82, 2.24) is 19.4 Å². The van der Waals surface area contributed by atoms with Gasteiger partial charge < -0.3 is 9.30 Å². The maximum absolute atomic E-state index is 13.7. The number of hydrogen-bond acceptors (Lipinski definition) is 4. The highest BCUT2D eigenvalue weighted by Crippen LogP contribution is 2.52. The summed E-state index contributed by atoms with van der Waals surface area (Å²) in [5.41, 5.74) is 2.01. The zero-order valence-electron chi connectivity index (χ0n) is 15.0. The van der Waals surface area contributed by atoms with Gasteiger partial charge in [-0.15, -0.1) is 0 Å². The number of halogens is 2. The number of nitrogens with zero attached hydrogens (tertiary/aromatic N) is 4.